The second-order valence-corrected chi connectivity index (χ2v) is 7.67. The van der Waals surface area contributed by atoms with Crippen molar-refractivity contribution in [3.05, 3.63) is 63.5 Å². The molecule has 0 spiro atoms. The third kappa shape index (κ3) is 3.75. The van der Waals surface area contributed by atoms with Gasteiger partial charge in [-0.1, -0.05) is 38.1 Å². The lowest BCUT2D eigenvalue weighted by Gasteiger charge is -2.29. The number of nitrogens with one attached hydrogen (secondary N) is 3. The van der Waals surface area contributed by atoms with E-state index in [1.54, 1.807) is 11.3 Å². The minimum absolute atomic E-state index is 0.119. The maximum Gasteiger partial charge on any atom is 0.255 e. The van der Waals surface area contributed by atoms with Crippen LogP contribution in [0.2, 0.25) is 0 Å². The van der Waals surface area contributed by atoms with Gasteiger partial charge in [-0.25, -0.2) is 0 Å². The van der Waals surface area contributed by atoms with E-state index in [1.807, 2.05) is 48.7 Å². The molecule has 0 radical (unpaired) electrons. The smallest absolute Gasteiger partial charge is 0.255 e. The van der Waals surface area contributed by atoms with Crippen LogP contribution in [0.15, 0.2) is 53.0 Å². The predicted octanol–water partition coefficient (Wildman–Crippen LogP) is 4.30. The van der Waals surface area contributed by atoms with E-state index in [0.29, 0.717) is 16.6 Å². The van der Waals surface area contributed by atoms with E-state index in [9.17, 15) is 4.79 Å². The number of benzene rings is 1. The van der Waals surface area contributed by atoms with Crippen molar-refractivity contribution < 1.29 is 4.79 Å². The molecule has 1 aromatic heterocycles. The number of thiophene rings is 1. The second kappa shape index (κ2) is 7.37. The maximum absolute atomic E-state index is 13.1. The minimum Gasteiger partial charge on any atom is -0.350 e. The maximum atomic E-state index is 13.1. The zero-order chi connectivity index (χ0) is 18.0. The van der Waals surface area contributed by atoms with Crippen LogP contribution < -0.4 is 16.0 Å². The van der Waals surface area contributed by atoms with Crippen molar-refractivity contribution in [1.82, 2.24) is 10.6 Å². The van der Waals surface area contributed by atoms with Crippen molar-refractivity contribution in [2.45, 2.75) is 32.7 Å². The largest absolute Gasteiger partial charge is 0.350 e. The van der Waals surface area contributed by atoms with Gasteiger partial charge >= 0.3 is 0 Å². The topological polar surface area (TPSA) is 53.2 Å². The van der Waals surface area contributed by atoms with E-state index in [-0.39, 0.29) is 11.9 Å². The number of allylic oxidation sites excluding steroid dienone is 1. The van der Waals surface area contributed by atoms with Crippen LogP contribution in [0.3, 0.4) is 0 Å². The van der Waals surface area contributed by atoms with Gasteiger partial charge in [-0.3, -0.25) is 4.79 Å². The molecule has 1 amide bonds. The number of para-hydroxylation sites is 1. The molecule has 0 saturated heterocycles. The number of amides is 1. The average molecular weight is 372 g/mol. The molecule has 2 heterocycles. The third-order valence-electron chi connectivity index (χ3n) is 4.17. The Bertz CT molecular complexity index is 825. The number of thiocarbonyl (C=S) groups is 1. The zero-order valence-corrected chi connectivity index (χ0v) is 16.1. The van der Waals surface area contributed by atoms with E-state index in [2.05, 4.69) is 29.8 Å². The summed E-state index contributed by atoms with van der Waals surface area (Å²) in [6.07, 6.45) is 0. The number of hydrogen-bond acceptors (Lipinski definition) is 3. The van der Waals surface area contributed by atoms with Gasteiger partial charge in [0, 0.05) is 16.3 Å². The summed E-state index contributed by atoms with van der Waals surface area (Å²) in [7, 11) is 0. The highest BCUT2D eigenvalue weighted by molar-refractivity contribution is 7.80. The van der Waals surface area contributed by atoms with Gasteiger partial charge in [-0.05, 0) is 48.1 Å². The Labute approximate surface area is 157 Å². The molecule has 0 fully saturated rings. The van der Waals surface area contributed by atoms with Crippen molar-refractivity contribution >= 4 is 40.3 Å². The van der Waals surface area contributed by atoms with Crippen molar-refractivity contribution in [2.24, 2.45) is 0 Å². The van der Waals surface area contributed by atoms with Crippen LogP contribution in [0, 0.1) is 0 Å². The standard InChI is InChI=1S/C19H21N3OS2/c1-11(2)13-7-4-5-8-14(13)21-18(23)16-12(3)20-19(24)22-17(16)15-9-6-10-25-15/h4-11,17H,1-3H3,(H,21,23)(H2,20,22,24)/t17-/m0/s1. The van der Waals surface area contributed by atoms with E-state index < -0.39 is 0 Å². The summed E-state index contributed by atoms with van der Waals surface area (Å²) in [5, 5.41) is 11.9. The average Bonchev–Trinajstić information content (AvgIpc) is 3.08. The molecule has 25 heavy (non-hydrogen) atoms. The molecule has 0 saturated carbocycles. The molecule has 2 aromatic rings. The van der Waals surface area contributed by atoms with Gasteiger partial charge < -0.3 is 16.0 Å². The quantitative estimate of drug-likeness (QED) is 0.701. The Morgan fingerprint density at radius 2 is 2.00 bits per heavy atom. The summed E-state index contributed by atoms with van der Waals surface area (Å²) in [4.78, 5) is 14.1. The van der Waals surface area contributed by atoms with Crippen molar-refractivity contribution in [3.63, 3.8) is 0 Å². The monoisotopic (exact) mass is 371 g/mol. The number of anilines is 1. The van der Waals surface area contributed by atoms with Gasteiger partial charge in [0.2, 0.25) is 0 Å². The molecule has 6 heteroatoms. The highest BCUT2D eigenvalue weighted by Gasteiger charge is 2.30. The van der Waals surface area contributed by atoms with E-state index >= 15 is 0 Å². The normalized spacial score (nSPS) is 17.3. The molecule has 130 valence electrons. The first-order valence-electron chi connectivity index (χ1n) is 8.19. The van der Waals surface area contributed by atoms with Crippen LogP contribution >= 0.6 is 23.6 Å². The van der Waals surface area contributed by atoms with E-state index in [4.69, 9.17) is 12.2 Å². The highest BCUT2D eigenvalue weighted by Crippen LogP contribution is 2.31. The molecular weight excluding hydrogens is 350 g/mol. The third-order valence-corrected chi connectivity index (χ3v) is 5.33. The number of hydrogen-bond donors (Lipinski definition) is 3. The molecule has 3 N–H and O–H groups in total. The summed E-state index contributed by atoms with van der Waals surface area (Å²) in [6, 6.07) is 11.7. The van der Waals surface area contributed by atoms with E-state index in [1.165, 1.54) is 0 Å². The second-order valence-electron chi connectivity index (χ2n) is 6.28. The van der Waals surface area contributed by atoms with Gasteiger partial charge in [-0.15, -0.1) is 11.3 Å². The lowest BCUT2D eigenvalue weighted by atomic mass is 9.98. The number of carbonyl (C=O) groups excluding carboxylic acids is 1. The highest BCUT2D eigenvalue weighted by atomic mass is 32.1. The van der Waals surface area contributed by atoms with Gasteiger partial charge in [-0.2, -0.15) is 0 Å². The lowest BCUT2D eigenvalue weighted by Crippen LogP contribution is -2.45. The Kier molecular flexibility index (Phi) is 5.20. The molecule has 1 aliphatic rings. The Balaban J connectivity index is 1.94. The van der Waals surface area contributed by atoms with Gasteiger partial charge in [0.25, 0.3) is 5.91 Å². The fourth-order valence-electron chi connectivity index (χ4n) is 2.97. The van der Waals surface area contributed by atoms with Gasteiger partial charge in [0.1, 0.15) is 0 Å². The van der Waals surface area contributed by atoms with Crippen LogP contribution in [0.1, 0.15) is 43.2 Å². The first-order chi connectivity index (χ1) is 12.0. The molecule has 0 unspecified atom stereocenters. The molecular formula is C19H21N3OS2. The first kappa shape index (κ1) is 17.6. The first-order valence-corrected chi connectivity index (χ1v) is 9.48. The fraction of sp³-hybridized carbons (Fsp3) is 0.263. The predicted molar refractivity (Wildman–Crippen MR) is 108 cm³/mol. The van der Waals surface area contributed by atoms with Crippen molar-refractivity contribution in [3.8, 4) is 0 Å². The summed E-state index contributed by atoms with van der Waals surface area (Å²) in [6.45, 7) is 6.12. The summed E-state index contributed by atoms with van der Waals surface area (Å²) < 4.78 is 0. The molecule has 0 aliphatic carbocycles. The van der Waals surface area contributed by atoms with Crippen LogP contribution in [-0.4, -0.2) is 11.0 Å². The fourth-order valence-corrected chi connectivity index (χ4v) is 4.02. The van der Waals surface area contributed by atoms with Crippen molar-refractivity contribution in [2.75, 3.05) is 5.32 Å². The molecule has 1 aromatic carbocycles. The molecule has 3 rings (SSSR count). The van der Waals surface area contributed by atoms with Crippen molar-refractivity contribution in [1.29, 1.82) is 0 Å². The number of rotatable bonds is 4. The molecule has 1 aliphatic heterocycles. The lowest BCUT2D eigenvalue weighted by molar-refractivity contribution is -0.113. The Morgan fingerprint density at radius 1 is 1.24 bits per heavy atom. The van der Waals surface area contributed by atoms with E-state index in [0.717, 1.165) is 21.8 Å². The summed E-state index contributed by atoms with van der Waals surface area (Å²) >= 11 is 6.88. The zero-order valence-electron chi connectivity index (χ0n) is 14.4. The van der Waals surface area contributed by atoms with Crippen LogP contribution in [0.5, 0.6) is 0 Å². The summed E-state index contributed by atoms with van der Waals surface area (Å²) in [5.41, 5.74) is 3.41. The van der Waals surface area contributed by atoms with Crippen LogP contribution in [0.4, 0.5) is 5.69 Å². The minimum atomic E-state index is -0.236. The van der Waals surface area contributed by atoms with Crippen LogP contribution in [0.25, 0.3) is 0 Å². The molecule has 0 bridgehead atoms. The SMILES string of the molecule is CC1=C(C(=O)Nc2ccccc2C(C)C)[C@H](c2cccs2)NC(=S)N1. The van der Waals surface area contributed by atoms with Gasteiger partial charge in [0.05, 0.1) is 11.6 Å². The van der Waals surface area contributed by atoms with Gasteiger partial charge in [0.15, 0.2) is 5.11 Å². The Hall–Kier alpha value is -2.18. The summed E-state index contributed by atoms with van der Waals surface area (Å²) in [5.74, 6) is 0.210. The Morgan fingerprint density at radius 3 is 2.68 bits per heavy atom. The van der Waals surface area contributed by atoms with Crippen LogP contribution in [-0.2, 0) is 4.79 Å². The molecule has 4 nitrogen and oxygen atoms in total. The molecule has 1 atom stereocenters. The number of carbonyl (C=O) groups is 1.